The average Bonchev–Trinajstić information content (AvgIpc) is 2.37. The first-order chi connectivity index (χ1) is 10.2. The Balaban J connectivity index is 4.07. The molecular weight excluding hydrogens is 389 g/mol. The monoisotopic (exact) mass is 401 g/mol. The van der Waals surface area contributed by atoms with Crippen molar-refractivity contribution in [2.24, 2.45) is 0 Å². The third-order valence-electron chi connectivity index (χ3n) is 1.70. The number of hydrogen-bond donors (Lipinski definition) is 2. The number of hydrogen-bond acceptors (Lipinski definition) is 13. The Morgan fingerprint density at radius 2 is 1.13 bits per heavy atom. The molecule has 0 aliphatic rings. The van der Waals surface area contributed by atoms with Gasteiger partial charge < -0.3 is 52.9 Å². The Bertz CT molecular complexity index is 441. The van der Waals surface area contributed by atoms with Gasteiger partial charge in [-0.2, -0.15) is 0 Å². The van der Waals surface area contributed by atoms with Crippen LogP contribution in [-0.4, -0.2) is 48.6 Å². The first-order valence-electron chi connectivity index (χ1n) is 5.49. The zero-order chi connectivity index (χ0) is 18.3. The minimum Gasteiger partial charge on any atom is -0.849 e. The lowest BCUT2D eigenvalue weighted by molar-refractivity contribution is -0.433. The Labute approximate surface area is 129 Å². The molecule has 23 heavy (non-hydrogen) atoms. The van der Waals surface area contributed by atoms with Crippen LogP contribution >= 0.6 is 23.5 Å². The van der Waals surface area contributed by atoms with Gasteiger partial charge in [0, 0.05) is 13.2 Å². The van der Waals surface area contributed by atoms with Gasteiger partial charge in [0.05, 0.1) is 28.9 Å². The number of phosphoric ester groups is 3. The van der Waals surface area contributed by atoms with Gasteiger partial charge in [-0.1, -0.05) is 6.10 Å². The molecule has 0 heterocycles. The zero-order valence-corrected chi connectivity index (χ0v) is 13.8. The summed E-state index contributed by atoms with van der Waals surface area (Å²) in [5.41, 5.74) is 0. The molecule has 0 saturated carbocycles. The minimum absolute atomic E-state index is 0.982. The van der Waals surface area contributed by atoms with E-state index in [1.807, 2.05) is 0 Å². The first kappa shape index (κ1) is 23.2. The summed E-state index contributed by atoms with van der Waals surface area (Å²) in [4.78, 5) is 49.5. The van der Waals surface area contributed by atoms with E-state index >= 15 is 0 Å². The summed E-state index contributed by atoms with van der Waals surface area (Å²) in [5.74, 6) is 0. The highest BCUT2D eigenvalue weighted by Crippen LogP contribution is 2.43. The summed E-state index contributed by atoms with van der Waals surface area (Å²) in [6.07, 6.45) is -3.77. The van der Waals surface area contributed by atoms with E-state index in [-0.39, 0.29) is 0 Å². The minimum atomic E-state index is -5.37. The van der Waals surface area contributed by atoms with Gasteiger partial charge in [0.25, 0.3) is 0 Å². The van der Waals surface area contributed by atoms with Crippen molar-refractivity contribution in [1.82, 2.24) is 0 Å². The van der Waals surface area contributed by atoms with Gasteiger partial charge in [0.2, 0.25) is 0 Å². The second-order valence-corrected chi connectivity index (χ2v) is 7.58. The molecule has 0 aromatic heterocycles. The summed E-state index contributed by atoms with van der Waals surface area (Å²) in [7, 11) is -15.6. The normalized spacial score (nSPS) is 18.4. The molecule has 14 nitrogen and oxygen atoms in total. The van der Waals surface area contributed by atoms with Gasteiger partial charge in [-0.3, -0.25) is 9.05 Å². The van der Waals surface area contributed by atoms with Crippen LogP contribution in [0, 0.1) is 0 Å². The Kier molecular flexibility index (Phi) is 9.77. The van der Waals surface area contributed by atoms with Gasteiger partial charge in [-0.15, -0.1) is 0 Å². The Morgan fingerprint density at radius 3 is 1.61 bits per heavy atom. The topological polar surface area (TPSA) is 244 Å². The molecule has 2 N–H and O–H groups in total. The number of phosphoric acid groups is 3. The largest absolute Gasteiger partial charge is 0.849 e. The van der Waals surface area contributed by atoms with Crippen LogP contribution in [0.25, 0.3) is 0 Å². The van der Waals surface area contributed by atoms with E-state index in [0.29, 0.717) is 0 Å². The fraction of sp³-hybridized carbons (Fsp3) is 1.00. The van der Waals surface area contributed by atoms with E-state index in [2.05, 4.69) is 18.1 Å². The molecule has 0 aliphatic carbocycles. The molecule has 17 heteroatoms. The van der Waals surface area contributed by atoms with Crippen LogP contribution in [0.15, 0.2) is 0 Å². The van der Waals surface area contributed by atoms with E-state index < -0.39 is 62.1 Å². The van der Waals surface area contributed by atoms with Crippen molar-refractivity contribution in [3.8, 4) is 0 Å². The average molecular weight is 401 g/mol. The predicted molar refractivity (Wildman–Crippen MR) is 58.6 cm³/mol. The number of rotatable bonds is 12. The van der Waals surface area contributed by atoms with E-state index in [0.717, 1.165) is 0 Å². The van der Waals surface area contributed by atoms with E-state index in [1.165, 1.54) is 0 Å². The Hall–Kier alpha value is 0.250. The van der Waals surface area contributed by atoms with Crippen molar-refractivity contribution < 1.29 is 66.5 Å². The SMILES string of the molecule is O=P([O-])([O-])OCC([O-])COP(=O)(O)OCC(O)COP(=O)([O-])[O-]. The van der Waals surface area contributed by atoms with Crippen LogP contribution in [0.1, 0.15) is 0 Å². The number of aliphatic hydroxyl groups is 1. The van der Waals surface area contributed by atoms with E-state index in [9.17, 15) is 38.4 Å². The van der Waals surface area contributed by atoms with Crippen molar-refractivity contribution in [1.29, 1.82) is 0 Å². The Morgan fingerprint density at radius 1 is 0.783 bits per heavy atom. The lowest BCUT2D eigenvalue weighted by atomic mass is 10.4. The predicted octanol–water partition coefficient (Wildman–Crippen LogP) is -5.10. The molecule has 140 valence electrons. The maximum atomic E-state index is 11.2. The fourth-order valence-electron chi connectivity index (χ4n) is 0.843. The fourth-order valence-corrected chi connectivity index (χ4v) is 2.34. The molecular formula is C6H12O14P3-5. The van der Waals surface area contributed by atoms with Gasteiger partial charge in [0.15, 0.2) is 0 Å². The highest BCUT2D eigenvalue weighted by molar-refractivity contribution is 7.47. The summed E-state index contributed by atoms with van der Waals surface area (Å²) >= 11 is 0. The van der Waals surface area contributed by atoms with E-state index in [4.69, 9.17) is 10.00 Å². The van der Waals surface area contributed by atoms with Crippen LogP contribution in [0.4, 0.5) is 0 Å². The lowest BCUT2D eigenvalue weighted by Crippen LogP contribution is -2.36. The highest BCUT2D eigenvalue weighted by atomic mass is 31.2. The zero-order valence-electron chi connectivity index (χ0n) is 11.1. The molecule has 0 fully saturated rings. The molecule has 0 aromatic carbocycles. The molecule has 0 amide bonds. The highest BCUT2D eigenvalue weighted by Gasteiger charge is 2.23. The third-order valence-corrected chi connectivity index (χ3v) is 3.58. The van der Waals surface area contributed by atoms with E-state index in [1.54, 1.807) is 0 Å². The van der Waals surface area contributed by atoms with Gasteiger partial charge in [-0.25, -0.2) is 4.57 Å². The number of aliphatic hydroxyl groups excluding tert-OH is 1. The second-order valence-electron chi connectivity index (χ2n) is 3.82. The van der Waals surface area contributed by atoms with Crippen molar-refractivity contribution in [3.05, 3.63) is 0 Å². The first-order valence-corrected chi connectivity index (χ1v) is 9.91. The third kappa shape index (κ3) is 15.5. The lowest BCUT2D eigenvalue weighted by Gasteiger charge is -2.32. The van der Waals surface area contributed by atoms with Crippen LogP contribution in [0.5, 0.6) is 0 Å². The molecule has 0 aliphatic heterocycles. The van der Waals surface area contributed by atoms with Gasteiger partial charge in [0.1, 0.15) is 6.10 Å². The molecule has 0 bridgehead atoms. The molecule has 0 saturated heterocycles. The van der Waals surface area contributed by atoms with Crippen LogP contribution < -0.4 is 24.7 Å². The van der Waals surface area contributed by atoms with Crippen molar-refractivity contribution in [2.75, 3.05) is 26.4 Å². The van der Waals surface area contributed by atoms with Crippen molar-refractivity contribution in [3.63, 3.8) is 0 Å². The maximum Gasteiger partial charge on any atom is 0.472 e. The van der Waals surface area contributed by atoms with Crippen molar-refractivity contribution >= 4 is 23.5 Å². The van der Waals surface area contributed by atoms with Crippen LogP contribution in [0.2, 0.25) is 0 Å². The smallest absolute Gasteiger partial charge is 0.472 e. The summed E-state index contributed by atoms with van der Waals surface area (Å²) in [5, 5.41) is 20.2. The maximum absolute atomic E-state index is 11.2. The van der Waals surface area contributed by atoms with Gasteiger partial charge in [-0.05, 0) is 0 Å². The standard InChI is InChI=1S/C6H16O14P3/c7-5(1-17-21(9,10)11)3-19-23(15,16)20-4-6(8)2-18-22(12,13)14/h5-7H,1-4H2,(H,15,16)(H2,9,10,11)(H2,12,13,14)/q-1/p-4. The van der Waals surface area contributed by atoms with Crippen LogP contribution in [-0.2, 0) is 31.8 Å². The molecule has 0 radical (unpaired) electrons. The van der Waals surface area contributed by atoms with Crippen molar-refractivity contribution in [2.45, 2.75) is 12.2 Å². The molecule has 0 aromatic rings. The molecule has 3 atom stereocenters. The molecule has 0 rings (SSSR count). The summed E-state index contributed by atoms with van der Waals surface area (Å²) < 4.78 is 47.0. The summed E-state index contributed by atoms with van der Waals surface area (Å²) in [6.45, 7) is -4.23. The second kappa shape index (κ2) is 9.66. The molecule has 3 unspecified atom stereocenters. The quantitative estimate of drug-likeness (QED) is 0.291. The van der Waals surface area contributed by atoms with Gasteiger partial charge >= 0.3 is 7.82 Å². The summed E-state index contributed by atoms with van der Waals surface area (Å²) in [6, 6.07) is 0. The van der Waals surface area contributed by atoms with Crippen LogP contribution in [0.3, 0.4) is 0 Å². The molecule has 0 spiro atoms.